The van der Waals surface area contributed by atoms with E-state index in [2.05, 4.69) is 38.9 Å². The molecule has 0 amide bonds. The standard InChI is InChI=1S/C25H38Cl3NO6Si/c1-22(2,3)36(6,7)33-16-24(15-32-21(29-24)25(26,27)28)20(30)19-18(34-23(4,5)35-19)14-31-13-17-11-9-8-10-12-17/h8-12,18-20,30H,13-16H2,1-7H3/t18-,19+,20?,24+/m0/s1. The molecule has 1 saturated heterocycles. The van der Waals surface area contributed by atoms with E-state index in [1.165, 1.54) is 0 Å². The zero-order valence-corrected chi connectivity index (χ0v) is 25.3. The summed E-state index contributed by atoms with van der Waals surface area (Å²) in [7, 11) is -2.21. The molecule has 1 fully saturated rings. The number of nitrogens with zero attached hydrogens (tertiary/aromatic N) is 1. The Bertz CT molecular complexity index is 919. The van der Waals surface area contributed by atoms with Crippen LogP contribution in [0.2, 0.25) is 18.1 Å². The lowest BCUT2D eigenvalue weighted by Gasteiger charge is -2.40. The molecule has 1 N–H and O–H groups in total. The lowest BCUT2D eigenvalue weighted by atomic mass is 9.89. The number of aliphatic hydroxyl groups excluding tert-OH is 1. The third kappa shape index (κ3) is 7.15. The van der Waals surface area contributed by atoms with Crippen LogP contribution in [-0.2, 0) is 30.0 Å². The summed E-state index contributed by atoms with van der Waals surface area (Å²) in [5, 5.41) is 11.7. The molecule has 11 heteroatoms. The van der Waals surface area contributed by atoms with Crippen LogP contribution in [0, 0.1) is 0 Å². The second-order valence-electron chi connectivity index (χ2n) is 11.4. The first-order valence-electron chi connectivity index (χ1n) is 12.0. The van der Waals surface area contributed by atoms with Gasteiger partial charge in [-0.2, -0.15) is 0 Å². The molecule has 1 unspecified atom stereocenters. The molecule has 1 aromatic carbocycles. The molecule has 7 nitrogen and oxygen atoms in total. The Morgan fingerprint density at radius 3 is 2.33 bits per heavy atom. The van der Waals surface area contributed by atoms with Crippen LogP contribution in [0.4, 0.5) is 0 Å². The second kappa shape index (κ2) is 11.0. The van der Waals surface area contributed by atoms with E-state index in [1.54, 1.807) is 13.8 Å². The summed E-state index contributed by atoms with van der Waals surface area (Å²) in [6.07, 6.45) is -2.52. The minimum Gasteiger partial charge on any atom is -0.475 e. The molecular formula is C25H38Cl3NO6Si. The van der Waals surface area contributed by atoms with Gasteiger partial charge in [-0.1, -0.05) is 85.9 Å². The van der Waals surface area contributed by atoms with Gasteiger partial charge in [0.05, 0.1) is 19.8 Å². The fourth-order valence-corrected chi connectivity index (χ4v) is 5.20. The number of hydrogen-bond donors (Lipinski definition) is 1. The SMILES string of the molecule is CC1(C)O[C@@H](COCc2ccccc2)[C@H](C(O)[C@]2(CO[Si](C)(C)C(C)(C)C)COC(C(Cl)(Cl)Cl)=N2)O1. The van der Waals surface area contributed by atoms with Crippen molar-refractivity contribution in [1.29, 1.82) is 0 Å². The molecule has 0 spiro atoms. The highest BCUT2D eigenvalue weighted by Crippen LogP contribution is 2.42. The van der Waals surface area contributed by atoms with Gasteiger partial charge in [0.1, 0.15) is 30.5 Å². The third-order valence-electron chi connectivity index (χ3n) is 6.99. The Balaban J connectivity index is 1.84. The van der Waals surface area contributed by atoms with E-state index in [9.17, 15) is 5.11 Å². The molecule has 2 heterocycles. The molecule has 0 radical (unpaired) electrons. The Morgan fingerprint density at radius 2 is 1.78 bits per heavy atom. The molecule has 0 bridgehead atoms. The Hall–Kier alpha value is -0.423. The molecule has 2 aliphatic rings. The fourth-order valence-electron chi connectivity index (χ4n) is 3.87. The molecule has 1 aromatic rings. The van der Waals surface area contributed by atoms with Gasteiger partial charge in [-0.05, 0) is 37.5 Å². The minimum atomic E-state index is -2.21. The summed E-state index contributed by atoms with van der Waals surface area (Å²) in [6, 6.07) is 9.83. The smallest absolute Gasteiger partial charge is 0.266 e. The lowest BCUT2D eigenvalue weighted by Crippen LogP contribution is -2.57. The topological polar surface area (TPSA) is 78.7 Å². The van der Waals surface area contributed by atoms with E-state index in [0.29, 0.717) is 6.61 Å². The van der Waals surface area contributed by atoms with Crippen LogP contribution in [0.25, 0.3) is 0 Å². The van der Waals surface area contributed by atoms with Gasteiger partial charge in [0.2, 0.25) is 5.90 Å². The van der Waals surface area contributed by atoms with E-state index in [0.717, 1.165) is 5.56 Å². The maximum absolute atomic E-state index is 11.8. The summed E-state index contributed by atoms with van der Waals surface area (Å²) in [5.74, 6) is -1.02. The molecule has 3 rings (SSSR count). The van der Waals surface area contributed by atoms with Crippen molar-refractivity contribution in [1.82, 2.24) is 0 Å². The van der Waals surface area contributed by atoms with Crippen molar-refractivity contribution in [3.8, 4) is 0 Å². The average molecular weight is 583 g/mol. The minimum absolute atomic E-state index is 0.0239. The summed E-state index contributed by atoms with van der Waals surface area (Å²) in [4.78, 5) is 4.60. The van der Waals surface area contributed by atoms with E-state index >= 15 is 0 Å². The van der Waals surface area contributed by atoms with Gasteiger partial charge < -0.3 is 28.5 Å². The van der Waals surface area contributed by atoms with E-state index in [1.807, 2.05) is 30.3 Å². The van der Waals surface area contributed by atoms with Gasteiger partial charge >= 0.3 is 0 Å². The zero-order chi connectivity index (χ0) is 27.0. The summed E-state index contributed by atoms with van der Waals surface area (Å²) in [5.41, 5.74) is -0.214. The largest absolute Gasteiger partial charge is 0.475 e. The molecule has 0 saturated carbocycles. The summed E-state index contributed by atoms with van der Waals surface area (Å²) >= 11 is 18.2. The second-order valence-corrected chi connectivity index (χ2v) is 18.5. The van der Waals surface area contributed by atoms with E-state index in [4.69, 9.17) is 58.2 Å². The van der Waals surface area contributed by atoms with Crippen LogP contribution >= 0.6 is 34.8 Å². The van der Waals surface area contributed by atoms with Gasteiger partial charge in [-0.25, -0.2) is 4.99 Å². The monoisotopic (exact) mass is 581 g/mol. The van der Waals surface area contributed by atoms with Crippen molar-refractivity contribution in [3.05, 3.63) is 35.9 Å². The first-order valence-corrected chi connectivity index (χ1v) is 16.1. The Morgan fingerprint density at radius 1 is 1.14 bits per heavy atom. The van der Waals surface area contributed by atoms with Crippen LogP contribution in [-0.4, -0.2) is 72.6 Å². The first kappa shape index (κ1) is 30.1. The van der Waals surface area contributed by atoms with E-state index in [-0.39, 0.29) is 30.8 Å². The molecule has 0 aromatic heterocycles. The van der Waals surface area contributed by atoms with Crippen LogP contribution in [0.15, 0.2) is 35.3 Å². The number of halogens is 3. The molecule has 4 atom stereocenters. The number of aliphatic hydroxyl groups is 1. The normalized spacial score (nSPS) is 27.6. The van der Waals surface area contributed by atoms with Crippen molar-refractivity contribution in [2.24, 2.45) is 4.99 Å². The van der Waals surface area contributed by atoms with Crippen molar-refractivity contribution >= 4 is 49.0 Å². The molecule has 0 aliphatic carbocycles. The van der Waals surface area contributed by atoms with Gasteiger partial charge in [0, 0.05) is 0 Å². The number of ether oxygens (including phenoxy) is 4. The van der Waals surface area contributed by atoms with Gasteiger partial charge in [-0.15, -0.1) is 0 Å². The quantitative estimate of drug-likeness (QED) is 0.300. The van der Waals surface area contributed by atoms with Crippen LogP contribution in [0.1, 0.15) is 40.2 Å². The fraction of sp³-hybridized carbons (Fsp3) is 0.720. The van der Waals surface area contributed by atoms with Crippen LogP contribution in [0.3, 0.4) is 0 Å². The molecule has 204 valence electrons. The number of benzene rings is 1. The van der Waals surface area contributed by atoms with Crippen molar-refractivity contribution in [2.75, 3.05) is 19.8 Å². The third-order valence-corrected chi connectivity index (χ3v) is 12.0. The van der Waals surface area contributed by atoms with Gasteiger partial charge in [0.25, 0.3) is 3.79 Å². The van der Waals surface area contributed by atoms with Crippen molar-refractivity contribution in [3.63, 3.8) is 0 Å². The zero-order valence-electron chi connectivity index (χ0n) is 22.0. The highest BCUT2D eigenvalue weighted by atomic mass is 35.6. The van der Waals surface area contributed by atoms with Crippen LogP contribution in [0.5, 0.6) is 0 Å². The predicted octanol–water partition coefficient (Wildman–Crippen LogP) is 5.64. The Kier molecular flexibility index (Phi) is 9.19. The van der Waals surface area contributed by atoms with Crippen LogP contribution < -0.4 is 0 Å². The van der Waals surface area contributed by atoms with E-state index < -0.39 is 41.7 Å². The Labute approximate surface area is 230 Å². The number of aliphatic imine (C=N–C) groups is 1. The highest BCUT2D eigenvalue weighted by Gasteiger charge is 2.57. The highest BCUT2D eigenvalue weighted by molar-refractivity contribution is 6.76. The number of rotatable bonds is 9. The van der Waals surface area contributed by atoms with Gasteiger partial charge in [0.15, 0.2) is 14.1 Å². The maximum Gasteiger partial charge on any atom is 0.266 e. The average Bonchev–Trinajstić information content (AvgIpc) is 3.34. The number of hydrogen-bond acceptors (Lipinski definition) is 7. The summed E-state index contributed by atoms with van der Waals surface area (Å²) in [6.45, 7) is 14.9. The predicted molar refractivity (Wildman–Crippen MR) is 145 cm³/mol. The number of alkyl halides is 3. The van der Waals surface area contributed by atoms with Gasteiger partial charge in [-0.3, -0.25) is 0 Å². The summed E-state index contributed by atoms with van der Waals surface area (Å²) < 4.78 is 28.5. The lowest BCUT2D eigenvalue weighted by molar-refractivity contribution is -0.163. The first-order chi connectivity index (χ1) is 16.5. The van der Waals surface area contributed by atoms with Crippen molar-refractivity contribution < 1.29 is 28.5 Å². The van der Waals surface area contributed by atoms with Crippen molar-refractivity contribution in [2.45, 2.75) is 92.8 Å². The maximum atomic E-state index is 11.8. The molecule has 36 heavy (non-hydrogen) atoms. The molecular weight excluding hydrogens is 545 g/mol. The molecule has 2 aliphatic heterocycles.